The van der Waals surface area contributed by atoms with Crippen molar-refractivity contribution in [3.8, 4) is 0 Å². The molecule has 1 aliphatic carbocycles. The number of hydrogen-bond acceptors (Lipinski definition) is 4. The Kier molecular flexibility index (Phi) is 3.57. The summed E-state index contributed by atoms with van der Waals surface area (Å²) in [4.78, 5) is 13.6. The maximum Gasteiger partial charge on any atom is 0.168 e. The van der Waals surface area contributed by atoms with Crippen molar-refractivity contribution in [2.45, 2.75) is 50.4 Å². The first kappa shape index (κ1) is 13.0. The Balaban J connectivity index is 2.04. The van der Waals surface area contributed by atoms with Gasteiger partial charge in [-0.15, -0.1) is 0 Å². The van der Waals surface area contributed by atoms with Gasteiger partial charge in [0.1, 0.15) is 5.78 Å². The van der Waals surface area contributed by atoms with Gasteiger partial charge in [0, 0.05) is 24.8 Å². The Morgan fingerprint density at radius 2 is 1.65 bits per heavy atom. The fourth-order valence-corrected chi connectivity index (χ4v) is 3.13. The first-order valence-electron chi connectivity index (χ1n) is 6.43. The predicted octanol–water partition coefficient (Wildman–Crippen LogP) is 1.58. The van der Waals surface area contributed by atoms with E-state index >= 15 is 0 Å². The Morgan fingerprint density at radius 1 is 1.12 bits per heavy atom. The Morgan fingerprint density at radius 3 is 2.06 bits per heavy atom. The van der Waals surface area contributed by atoms with E-state index < -0.39 is 0 Å². The van der Waals surface area contributed by atoms with E-state index in [1.165, 1.54) is 0 Å². The van der Waals surface area contributed by atoms with Gasteiger partial charge < -0.3 is 14.4 Å². The van der Waals surface area contributed by atoms with Gasteiger partial charge in [-0.3, -0.25) is 4.79 Å². The molecule has 2 aliphatic rings. The highest BCUT2D eigenvalue weighted by Gasteiger charge is 2.47. The second kappa shape index (κ2) is 4.67. The van der Waals surface area contributed by atoms with Crippen LogP contribution in [0.25, 0.3) is 0 Å². The average Bonchev–Trinajstić information content (AvgIpc) is 2.70. The van der Waals surface area contributed by atoms with Crippen molar-refractivity contribution in [1.82, 2.24) is 4.90 Å². The van der Waals surface area contributed by atoms with E-state index in [4.69, 9.17) is 9.47 Å². The number of ether oxygens (including phenoxy) is 2. The standard InChI is InChI=1S/C13H23NO3/c1-11(15)10-12(14(2)3)4-6-13(7-5-12)16-8-9-17-13/h4-10H2,1-3H3. The molecule has 1 saturated carbocycles. The summed E-state index contributed by atoms with van der Waals surface area (Å²) in [5.74, 6) is -0.0704. The summed E-state index contributed by atoms with van der Waals surface area (Å²) in [5, 5.41) is 0. The van der Waals surface area contributed by atoms with Crippen LogP contribution in [0.2, 0.25) is 0 Å². The number of nitrogens with zero attached hydrogens (tertiary/aromatic N) is 1. The molecule has 0 unspecified atom stereocenters. The molecular formula is C13H23NO3. The van der Waals surface area contributed by atoms with Gasteiger partial charge >= 0.3 is 0 Å². The van der Waals surface area contributed by atoms with Crippen LogP contribution in [0.15, 0.2) is 0 Å². The van der Waals surface area contributed by atoms with E-state index in [1.807, 2.05) is 0 Å². The molecule has 17 heavy (non-hydrogen) atoms. The Labute approximate surface area is 103 Å². The highest BCUT2D eigenvalue weighted by molar-refractivity contribution is 5.76. The number of carbonyl (C=O) groups excluding carboxylic acids is 1. The molecule has 0 radical (unpaired) electrons. The van der Waals surface area contributed by atoms with E-state index in [2.05, 4.69) is 19.0 Å². The number of hydrogen-bond donors (Lipinski definition) is 0. The van der Waals surface area contributed by atoms with Crippen molar-refractivity contribution >= 4 is 5.78 Å². The Hall–Kier alpha value is -0.450. The first-order chi connectivity index (χ1) is 7.98. The van der Waals surface area contributed by atoms with Crippen molar-refractivity contribution < 1.29 is 14.3 Å². The molecule has 0 atom stereocenters. The molecule has 2 rings (SSSR count). The molecule has 0 amide bonds. The smallest absolute Gasteiger partial charge is 0.168 e. The van der Waals surface area contributed by atoms with E-state index in [9.17, 15) is 4.79 Å². The quantitative estimate of drug-likeness (QED) is 0.752. The van der Waals surface area contributed by atoms with Crippen LogP contribution in [-0.4, -0.2) is 49.3 Å². The number of ketones is 1. The lowest BCUT2D eigenvalue weighted by molar-refractivity contribution is -0.193. The normalized spacial score (nSPS) is 26.6. The summed E-state index contributed by atoms with van der Waals surface area (Å²) in [6.07, 6.45) is 4.38. The minimum Gasteiger partial charge on any atom is -0.348 e. The highest BCUT2D eigenvalue weighted by atomic mass is 16.7. The lowest BCUT2D eigenvalue weighted by Gasteiger charge is -2.47. The fraction of sp³-hybridized carbons (Fsp3) is 0.923. The van der Waals surface area contributed by atoms with Crippen LogP contribution in [0, 0.1) is 0 Å². The lowest BCUT2D eigenvalue weighted by Crippen LogP contribution is -2.52. The molecule has 1 aliphatic heterocycles. The molecule has 0 aromatic heterocycles. The van der Waals surface area contributed by atoms with Crippen molar-refractivity contribution in [2.75, 3.05) is 27.3 Å². The third-order valence-electron chi connectivity index (χ3n) is 4.28. The molecule has 1 heterocycles. The highest BCUT2D eigenvalue weighted by Crippen LogP contribution is 2.43. The number of Topliss-reactive ketones (excluding diaryl/α,β-unsaturated/α-hetero) is 1. The number of carbonyl (C=O) groups is 1. The van der Waals surface area contributed by atoms with Gasteiger partial charge in [-0.2, -0.15) is 0 Å². The molecule has 0 aromatic rings. The zero-order valence-corrected chi connectivity index (χ0v) is 11.1. The van der Waals surface area contributed by atoms with Crippen LogP contribution in [-0.2, 0) is 14.3 Å². The van der Waals surface area contributed by atoms with E-state index in [0.717, 1.165) is 25.7 Å². The molecule has 0 N–H and O–H groups in total. The van der Waals surface area contributed by atoms with Crippen LogP contribution in [0.1, 0.15) is 39.0 Å². The van der Waals surface area contributed by atoms with Gasteiger partial charge in [-0.05, 0) is 33.9 Å². The van der Waals surface area contributed by atoms with Gasteiger partial charge in [0.2, 0.25) is 0 Å². The first-order valence-corrected chi connectivity index (χ1v) is 6.43. The van der Waals surface area contributed by atoms with E-state index in [0.29, 0.717) is 19.6 Å². The molecule has 2 fully saturated rings. The second-order valence-corrected chi connectivity index (χ2v) is 5.61. The minimum atomic E-state index is -0.337. The van der Waals surface area contributed by atoms with Crippen molar-refractivity contribution in [1.29, 1.82) is 0 Å². The minimum absolute atomic E-state index is 0.00634. The fourth-order valence-electron chi connectivity index (χ4n) is 3.13. The summed E-state index contributed by atoms with van der Waals surface area (Å²) >= 11 is 0. The molecule has 0 bridgehead atoms. The van der Waals surface area contributed by atoms with Gasteiger partial charge in [-0.1, -0.05) is 0 Å². The second-order valence-electron chi connectivity index (χ2n) is 5.61. The molecule has 98 valence electrons. The van der Waals surface area contributed by atoms with Crippen LogP contribution >= 0.6 is 0 Å². The molecule has 1 spiro atoms. The average molecular weight is 241 g/mol. The SMILES string of the molecule is CC(=O)CC1(N(C)C)CCC2(CC1)OCCO2. The van der Waals surface area contributed by atoms with Crippen molar-refractivity contribution in [2.24, 2.45) is 0 Å². The van der Waals surface area contributed by atoms with Gasteiger partial charge in [0.25, 0.3) is 0 Å². The zero-order chi connectivity index (χ0) is 12.5. The zero-order valence-electron chi connectivity index (χ0n) is 11.1. The van der Waals surface area contributed by atoms with Gasteiger partial charge in [0.05, 0.1) is 13.2 Å². The van der Waals surface area contributed by atoms with Crippen LogP contribution < -0.4 is 0 Å². The molecule has 1 saturated heterocycles. The topological polar surface area (TPSA) is 38.8 Å². The largest absolute Gasteiger partial charge is 0.348 e. The maximum atomic E-state index is 11.4. The summed E-state index contributed by atoms with van der Waals surface area (Å²) in [6.45, 7) is 3.10. The summed E-state index contributed by atoms with van der Waals surface area (Å²) in [5.41, 5.74) is 0.00634. The van der Waals surface area contributed by atoms with Crippen LogP contribution in [0.4, 0.5) is 0 Å². The molecule has 4 nitrogen and oxygen atoms in total. The van der Waals surface area contributed by atoms with E-state index in [1.54, 1.807) is 6.92 Å². The predicted molar refractivity (Wildman–Crippen MR) is 64.8 cm³/mol. The number of rotatable bonds is 3. The van der Waals surface area contributed by atoms with Crippen molar-refractivity contribution in [3.05, 3.63) is 0 Å². The van der Waals surface area contributed by atoms with Crippen molar-refractivity contribution in [3.63, 3.8) is 0 Å². The summed E-state index contributed by atoms with van der Waals surface area (Å²) < 4.78 is 11.5. The van der Waals surface area contributed by atoms with Crippen LogP contribution in [0.3, 0.4) is 0 Å². The van der Waals surface area contributed by atoms with Gasteiger partial charge in [0.15, 0.2) is 5.79 Å². The Bertz CT molecular complexity index is 285. The summed E-state index contributed by atoms with van der Waals surface area (Å²) in [6, 6.07) is 0. The van der Waals surface area contributed by atoms with E-state index in [-0.39, 0.29) is 17.1 Å². The third kappa shape index (κ3) is 2.54. The molecule has 4 heteroatoms. The monoisotopic (exact) mass is 241 g/mol. The lowest BCUT2D eigenvalue weighted by atomic mass is 9.75. The molecule has 0 aromatic carbocycles. The maximum absolute atomic E-state index is 11.4. The van der Waals surface area contributed by atoms with Crippen LogP contribution in [0.5, 0.6) is 0 Å². The van der Waals surface area contributed by atoms with Gasteiger partial charge in [-0.25, -0.2) is 0 Å². The molecular weight excluding hydrogens is 218 g/mol. The third-order valence-corrected chi connectivity index (χ3v) is 4.28. The summed E-state index contributed by atoms with van der Waals surface area (Å²) in [7, 11) is 4.13.